The van der Waals surface area contributed by atoms with Crippen LogP contribution in [0.1, 0.15) is 38.2 Å². The molecule has 0 aromatic carbocycles. The molecule has 3 nitrogen and oxygen atoms in total. The van der Waals surface area contributed by atoms with E-state index in [-0.39, 0.29) is 0 Å². The van der Waals surface area contributed by atoms with Crippen molar-refractivity contribution in [3.63, 3.8) is 0 Å². The molecule has 0 bridgehead atoms. The van der Waals surface area contributed by atoms with Gasteiger partial charge in [-0.2, -0.15) is 0 Å². The van der Waals surface area contributed by atoms with Gasteiger partial charge in [-0.15, -0.1) is 0 Å². The minimum atomic E-state index is -0.543. The highest BCUT2D eigenvalue weighted by molar-refractivity contribution is 5.35. The predicted molar refractivity (Wildman–Crippen MR) is 70.0 cm³/mol. The van der Waals surface area contributed by atoms with E-state index in [0.29, 0.717) is 6.54 Å². The summed E-state index contributed by atoms with van der Waals surface area (Å²) < 4.78 is 0. The van der Waals surface area contributed by atoms with Crippen LogP contribution < -0.4 is 5.32 Å². The quantitative estimate of drug-likeness (QED) is 0.845. The second kappa shape index (κ2) is 5.05. The molecule has 0 unspecified atom stereocenters. The fourth-order valence-corrected chi connectivity index (χ4v) is 2.30. The second-order valence-electron chi connectivity index (χ2n) is 5.48. The molecule has 1 saturated carbocycles. The molecular weight excluding hydrogens is 212 g/mol. The van der Waals surface area contributed by atoms with Gasteiger partial charge in [0.25, 0.3) is 0 Å². The molecule has 0 amide bonds. The number of anilines is 1. The standard InChI is InChI=1S/C14H22N2O/c1-11-5-7-14(17,8-6-11)10-16-13-4-3-12(2)9-15-13/h3-4,9,11,17H,5-8,10H2,1-2H3,(H,15,16). The van der Waals surface area contributed by atoms with E-state index in [1.165, 1.54) is 0 Å². The van der Waals surface area contributed by atoms with E-state index < -0.39 is 5.60 Å². The number of hydrogen-bond acceptors (Lipinski definition) is 3. The van der Waals surface area contributed by atoms with Crippen LogP contribution >= 0.6 is 0 Å². The summed E-state index contributed by atoms with van der Waals surface area (Å²) in [4.78, 5) is 4.29. The summed E-state index contributed by atoms with van der Waals surface area (Å²) in [5.74, 6) is 1.61. The fraction of sp³-hybridized carbons (Fsp3) is 0.643. The van der Waals surface area contributed by atoms with E-state index in [9.17, 15) is 5.11 Å². The zero-order valence-electron chi connectivity index (χ0n) is 10.7. The van der Waals surface area contributed by atoms with Gasteiger partial charge >= 0.3 is 0 Å². The molecule has 2 rings (SSSR count). The summed E-state index contributed by atoms with van der Waals surface area (Å²) in [5.41, 5.74) is 0.611. The third-order valence-electron chi connectivity index (χ3n) is 3.71. The van der Waals surface area contributed by atoms with Crippen molar-refractivity contribution in [1.29, 1.82) is 0 Å². The molecule has 0 saturated heterocycles. The van der Waals surface area contributed by atoms with Crippen molar-refractivity contribution >= 4 is 5.82 Å². The van der Waals surface area contributed by atoms with Gasteiger partial charge < -0.3 is 10.4 Å². The third-order valence-corrected chi connectivity index (χ3v) is 3.71. The van der Waals surface area contributed by atoms with Gasteiger partial charge in [0, 0.05) is 12.7 Å². The van der Waals surface area contributed by atoms with Crippen LogP contribution in [0.2, 0.25) is 0 Å². The van der Waals surface area contributed by atoms with Gasteiger partial charge in [0.2, 0.25) is 0 Å². The van der Waals surface area contributed by atoms with Crippen molar-refractivity contribution in [3.05, 3.63) is 23.9 Å². The minimum absolute atomic E-state index is 0.543. The summed E-state index contributed by atoms with van der Waals surface area (Å²) in [6.07, 6.45) is 5.88. The average molecular weight is 234 g/mol. The maximum atomic E-state index is 10.4. The van der Waals surface area contributed by atoms with E-state index >= 15 is 0 Å². The van der Waals surface area contributed by atoms with Gasteiger partial charge in [0.15, 0.2) is 0 Å². The molecule has 17 heavy (non-hydrogen) atoms. The van der Waals surface area contributed by atoms with E-state index in [0.717, 1.165) is 43.0 Å². The van der Waals surface area contributed by atoms with Crippen LogP contribution in [0.3, 0.4) is 0 Å². The molecule has 94 valence electrons. The summed E-state index contributed by atoms with van der Waals surface area (Å²) in [5, 5.41) is 13.7. The minimum Gasteiger partial charge on any atom is -0.388 e. The molecule has 3 heteroatoms. The van der Waals surface area contributed by atoms with Crippen molar-refractivity contribution < 1.29 is 5.11 Å². The Labute approximate surface area is 103 Å². The van der Waals surface area contributed by atoms with Crippen molar-refractivity contribution in [2.75, 3.05) is 11.9 Å². The number of aromatic nitrogens is 1. The summed E-state index contributed by atoms with van der Waals surface area (Å²) >= 11 is 0. The van der Waals surface area contributed by atoms with Crippen molar-refractivity contribution in [2.45, 2.75) is 45.1 Å². The first kappa shape index (κ1) is 12.4. The zero-order valence-corrected chi connectivity index (χ0v) is 10.7. The normalized spacial score (nSPS) is 29.0. The first-order valence-corrected chi connectivity index (χ1v) is 6.46. The molecule has 0 atom stereocenters. The molecule has 1 aliphatic carbocycles. The van der Waals surface area contributed by atoms with Crippen LogP contribution in [0.25, 0.3) is 0 Å². The lowest BCUT2D eigenvalue weighted by Crippen LogP contribution is -2.40. The smallest absolute Gasteiger partial charge is 0.125 e. The molecule has 0 spiro atoms. The Balaban J connectivity index is 1.87. The van der Waals surface area contributed by atoms with Crippen molar-refractivity contribution in [3.8, 4) is 0 Å². The Morgan fingerprint density at radius 2 is 2.12 bits per heavy atom. The van der Waals surface area contributed by atoms with E-state index in [2.05, 4.69) is 17.2 Å². The maximum Gasteiger partial charge on any atom is 0.125 e. The molecule has 0 aliphatic heterocycles. The summed E-state index contributed by atoms with van der Waals surface area (Å²) in [7, 11) is 0. The number of nitrogens with zero attached hydrogens (tertiary/aromatic N) is 1. The Morgan fingerprint density at radius 3 is 2.71 bits per heavy atom. The van der Waals surface area contributed by atoms with Gasteiger partial charge in [-0.1, -0.05) is 13.0 Å². The Hall–Kier alpha value is -1.09. The van der Waals surface area contributed by atoms with Gasteiger partial charge in [0.05, 0.1) is 5.60 Å². The molecule has 0 radical (unpaired) electrons. The molecule has 2 N–H and O–H groups in total. The SMILES string of the molecule is Cc1ccc(NCC2(O)CCC(C)CC2)nc1. The third kappa shape index (κ3) is 3.43. The lowest BCUT2D eigenvalue weighted by Gasteiger charge is -2.35. The highest BCUT2D eigenvalue weighted by Gasteiger charge is 2.31. The average Bonchev–Trinajstić information content (AvgIpc) is 2.33. The predicted octanol–water partition coefficient (Wildman–Crippen LogP) is 2.74. The monoisotopic (exact) mass is 234 g/mol. The van der Waals surface area contributed by atoms with Crippen LogP contribution in [-0.4, -0.2) is 22.2 Å². The van der Waals surface area contributed by atoms with Gasteiger partial charge in [0.1, 0.15) is 5.82 Å². The Kier molecular flexibility index (Phi) is 3.67. The van der Waals surface area contributed by atoms with E-state index in [1.807, 2.05) is 25.3 Å². The molecule has 1 aromatic heterocycles. The molecule has 1 aromatic rings. The number of pyridine rings is 1. The van der Waals surface area contributed by atoms with Crippen LogP contribution in [0.4, 0.5) is 5.82 Å². The highest BCUT2D eigenvalue weighted by atomic mass is 16.3. The Bertz CT molecular complexity index is 353. The van der Waals surface area contributed by atoms with E-state index in [1.54, 1.807) is 0 Å². The number of aryl methyl sites for hydroxylation is 1. The molecular formula is C14H22N2O. The number of rotatable bonds is 3. The Morgan fingerprint density at radius 1 is 1.41 bits per heavy atom. The fourth-order valence-electron chi connectivity index (χ4n) is 2.30. The summed E-state index contributed by atoms with van der Waals surface area (Å²) in [6.45, 7) is 4.89. The van der Waals surface area contributed by atoms with Crippen LogP contribution in [0.15, 0.2) is 18.3 Å². The highest BCUT2D eigenvalue weighted by Crippen LogP contribution is 2.31. The van der Waals surface area contributed by atoms with E-state index in [4.69, 9.17) is 0 Å². The maximum absolute atomic E-state index is 10.4. The first-order valence-electron chi connectivity index (χ1n) is 6.46. The van der Waals surface area contributed by atoms with Crippen LogP contribution in [-0.2, 0) is 0 Å². The summed E-state index contributed by atoms with van der Waals surface area (Å²) in [6, 6.07) is 3.99. The zero-order chi connectivity index (χ0) is 12.3. The molecule has 1 aliphatic rings. The van der Waals surface area contributed by atoms with Gasteiger partial charge in [-0.3, -0.25) is 0 Å². The lowest BCUT2D eigenvalue weighted by molar-refractivity contribution is 0.00495. The second-order valence-corrected chi connectivity index (χ2v) is 5.48. The largest absolute Gasteiger partial charge is 0.388 e. The molecule has 1 fully saturated rings. The van der Waals surface area contributed by atoms with Crippen molar-refractivity contribution in [1.82, 2.24) is 4.98 Å². The number of nitrogens with one attached hydrogen (secondary N) is 1. The van der Waals surface area contributed by atoms with Gasteiger partial charge in [-0.25, -0.2) is 4.98 Å². The van der Waals surface area contributed by atoms with Gasteiger partial charge in [-0.05, 0) is 50.2 Å². The molecule has 1 heterocycles. The first-order chi connectivity index (χ1) is 8.07. The lowest BCUT2D eigenvalue weighted by atomic mass is 9.79. The van der Waals surface area contributed by atoms with Crippen LogP contribution in [0.5, 0.6) is 0 Å². The topological polar surface area (TPSA) is 45.1 Å². The number of aliphatic hydroxyl groups is 1. The number of hydrogen-bond donors (Lipinski definition) is 2. The van der Waals surface area contributed by atoms with Crippen LogP contribution in [0, 0.1) is 12.8 Å². The van der Waals surface area contributed by atoms with Crippen molar-refractivity contribution in [2.24, 2.45) is 5.92 Å².